The van der Waals surface area contributed by atoms with Crippen molar-refractivity contribution in [3.05, 3.63) is 60.4 Å². The summed E-state index contributed by atoms with van der Waals surface area (Å²) in [6.45, 7) is 3.44. The van der Waals surface area contributed by atoms with Crippen molar-refractivity contribution < 1.29 is 9.59 Å². The summed E-state index contributed by atoms with van der Waals surface area (Å²) in [7, 11) is 0. The van der Waals surface area contributed by atoms with Gasteiger partial charge in [0.25, 0.3) is 0 Å². The molecule has 0 radical (unpaired) electrons. The van der Waals surface area contributed by atoms with Crippen LogP contribution in [-0.4, -0.2) is 59.4 Å². The summed E-state index contributed by atoms with van der Waals surface area (Å²) in [4.78, 5) is 32.1. The van der Waals surface area contributed by atoms with Gasteiger partial charge in [-0.1, -0.05) is 30.3 Å². The van der Waals surface area contributed by atoms with E-state index in [1.165, 1.54) is 0 Å². The number of urea groups is 1. The zero-order valence-electron chi connectivity index (χ0n) is 14.6. The molecule has 0 aliphatic carbocycles. The summed E-state index contributed by atoms with van der Waals surface area (Å²) in [6, 6.07) is 13.3. The van der Waals surface area contributed by atoms with Crippen molar-refractivity contribution in [2.75, 3.05) is 38.0 Å². The minimum Gasteiger partial charge on any atom is -0.351 e. The fourth-order valence-corrected chi connectivity index (χ4v) is 2.80. The normalized spacial score (nSPS) is 14.7. The molecule has 2 heterocycles. The lowest BCUT2D eigenvalue weighted by molar-refractivity contribution is -0.122. The molecule has 1 fully saturated rings. The maximum Gasteiger partial charge on any atom is 0.321 e. The van der Waals surface area contributed by atoms with Gasteiger partial charge >= 0.3 is 6.03 Å². The number of pyridine rings is 1. The summed E-state index contributed by atoms with van der Waals surface area (Å²) in [5.41, 5.74) is 1.76. The molecule has 7 nitrogen and oxygen atoms in total. The first-order valence-corrected chi connectivity index (χ1v) is 8.69. The molecule has 26 heavy (non-hydrogen) atoms. The second-order valence-corrected chi connectivity index (χ2v) is 6.20. The summed E-state index contributed by atoms with van der Waals surface area (Å²) >= 11 is 0. The number of benzene rings is 1. The van der Waals surface area contributed by atoms with E-state index in [1.54, 1.807) is 29.4 Å². The first-order valence-electron chi connectivity index (χ1n) is 8.69. The second-order valence-electron chi connectivity index (χ2n) is 6.20. The standard InChI is InChI=1S/C19H23N5O2/c25-18(21-13-16-5-2-1-3-6-16)15-23-9-11-24(12-10-23)19(26)22-17-7-4-8-20-14-17/h1-8,14H,9-13,15H2,(H,21,25)(H,22,26). The number of nitrogens with zero attached hydrogens (tertiary/aromatic N) is 3. The summed E-state index contributed by atoms with van der Waals surface area (Å²) < 4.78 is 0. The van der Waals surface area contributed by atoms with Gasteiger partial charge in [-0.15, -0.1) is 0 Å². The maximum absolute atomic E-state index is 12.2. The van der Waals surface area contributed by atoms with Gasteiger partial charge in [-0.3, -0.25) is 14.7 Å². The lowest BCUT2D eigenvalue weighted by atomic mass is 10.2. The van der Waals surface area contributed by atoms with Crippen LogP contribution in [0.3, 0.4) is 0 Å². The molecule has 2 N–H and O–H groups in total. The molecule has 0 bridgehead atoms. The molecule has 1 aliphatic heterocycles. The predicted molar refractivity (Wildman–Crippen MR) is 99.6 cm³/mol. The number of carbonyl (C=O) groups is 2. The van der Waals surface area contributed by atoms with Gasteiger partial charge in [-0.2, -0.15) is 0 Å². The third-order valence-electron chi connectivity index (χ3n) is 4.27. The molecule has 0 unspecified atom stereocenters. The topological polar surface area (TPSA) is 77.6 Å². The third-order valence-corrected chi connectivity index (χ3v) is 4.27. The maximum atomic E-state index is 12.2. The molecule has 1 aromatic heterocycles. The SMILES string of the molecule is O=C(CN1CCN(C(=O)Nc2cccnc2)CC1)NCc1ccccc1. The van der Waals surface area contributed by atoms with Crippen LogP contribution in [-0.2, 0) is 11.3 Å². The number of nitrogens with one attached hydrogen (secondary N) is 2. The molecule has 136 valence electrons. The molecule has 0 atom stereocenters. The van der Waals surface area contributed by atoms with E-state index in [0.717, 1.165) is 5.56 Å². The Morgan fingerprint density at radius 1 is 1.00 bits per heavy atom. The van der Waals surface area contributed by atoms with Crippen molar-refractivity contribution in [1.82, 2.24) is 20.1 Å². The van der Waals surface area contributed by atoms with E-state index in [4.69, 9.17) is 0 Å². The first kappa shape index (κ1) is 17.9. The van der Waals surface area contributed by atoms with Crippen molar-refractivity contribution in [2.45, 2.75) is 6.54 Å². The number of aromatic nitrogens is 1. The van der Waals surface area contributed by atoms with Crippen molar-refractivity contribution in [3.63, 3.8) is 0 Å². The number of piperazine rings is 1. The van der Waals surface area contributed by atoms with E-state index in [9.17, 15) is 9.59 Å². The molecule has 2 aromatic rings. The number of carbonyl (C=O) groups excluding carboxylic acids is 2. The second kappa shape index (κ2) is 8.96. The first-order chi connectivity index (χ1) is 12.7. The Morgan fingerprint density at radius 3 is 2.46 bits per heavy atom. The Balaban J connectivity index is 1.38. The van der Waals surface area contributed by atoms with E-state index in [2.05, 4.69) is 20.5 Å². The lowest BCUT2D eigenvalue weighted by Crippen LogP contribution is -2.52. The summed E-state index contributed by atoms with van der Waals surface area (Å²) in [5.74, 6) is 0.00196. The van der Waals surface area contributed by atoms with Gasteiger partial charge in [0.15, 0.2) is 0 Å². The van der Waals surface area contributed by atoms with Gasteiger partial charge in [-0.05, 0) is 17.7 Å². The van der Waals surface area contributed by atoms with Gasteiger partial charge in [0.1, 0.15) is 0 Å². The average Bonchev–Trinajstić information content (AvgIpc) is 2.68. The van der Waals surface area contributed by atoms with Gasteiger partial charge < -0.3 is 15.5 Å². The molecule has 0 spiro atoms. The van der Waals surface area contributed by atoms with Crippen LogP contribution in [0.4, 0.5) is 10.5 Å². The van der Waals surface area contributed by atoms with Crippen molar-refractivity contribution in [3.8, 4) is 0 Å². The van der Waals surface area contributed by atoms with Gasteiger partial charge in [0, 0.05) is 38.9 Å². The Morgan fingerprint density at radius 2 is 1.77 bits per heavy atom. The number of hydrogen-bond donors (Lipinski definition) is 2. The quantitative estimate of drug-likeness (QED) is 0.855. The molecule has 7 heteroatoms. The molecule has 1 aromatic carbocycles. The summed E-state index contributed by atoms with van der Waals surface area (Å²) in [5, 5.41) is 5.76. The highest BCUT2D eigenvalue weighted by Gasteiger charge is 2.22. The van der Waals surface area contributed by atoms with E-state index in [-0.39, 0.29) is 11.9 Å². The largest absolute Gasteiger partial charge is 0.351 e. The summed E-state index contributed by atoms with van der Waals surface area (Å²) in [6.07, 6.45) is 3.28. The molecule has 0 saturated carbocycles. The number of rotatable bonds is 5. The Hall–Kier alpha value is -2.93. The highest BCUT2D eigenvalue weighted by Crippen LogP contribution is 2.07. The van der Waals surface area contributed by atoms with E-state index in [1.807, 2.05) is 30.3 Å². The van der Waals surface area contributed by atoms with Crippen molar-refractivity contribution >= 4 is 17.6 Å². The highest BCUT2D eigenvalue weighted by atomic mass is 16.2. The minimum atomic E-state index is -0.133. The molecule has 3 amide bonds. The van der Waals surface area contributed by atoms with Crippen molar-refractivity contribution in [1.29, 1.82) is 0 Å². The fraction of sp³-hybridized carbons (Fsp3) is 0.316. The highest BCUT2D eigenvalue weighted by molar-refractivity contribution is 5.89. The number of anilines is 1. The average molecular weight is 353 g/mol. The van der Waals surface area contributed by atoms with E-state index in [0.29, 0.717) is 45.0 Å². The number of amides is 3. The zero-order valence-corrected chi connectivity index (χ0v) is 14.6. The van der Waals surface area contributed by atoms with Crippen molar-refractivity contribution in [2.24, 2.45) is 0 Å². The number of hydrogen-bond acceptors (Lipinski definition) is 4. The van der Waals surface area contributed by atoms with Gasteiger partial charge in [0.05, 0.1) is 18.4 Å². The molecular formula is C19H23N5O2. The minimum absolute atomic E-state index is 0.00196. The van der Waals surface area contributed by atoms with Crippen LogP contribution in [0.15, 0.2) is 54.9 Å². The smallest absolute Gasteiger partial charge is 0.321 e. The molecule has 3 rings (SSSR count). The molecular weight excluding hydrogens is 330 g/mol. The van der Waals surface area contributed by atoms with Crippen LogP contribution in [0.25, 0.3) is 0 Å². The Bertz CT molecular complexity index is 715. The van der Waals surface area contributed by atoms with Gasteiger partial charge in [0.2, 0.25) is 5.91 Å². The Kier molecular flexibility index (Phi) is 6.16. The van der Waals surface area contributed by atoms with Crippen LogP contribution in [0.5, 0.6) is 0 Å². The van der Waals surface area contributed by atoms with Crippen LogP contribution in [0.1, 0.15) is 5.56 Å². The van der Waals surface area contributed by atoms with Crippen LogP contribution in [0.2, 0.25) is 0 Å². The van der Waals surface area contributed by atoms with Gasteiger partial charge in [-0.25, -0.2) is 4.79 Å². The zero-order chi connectivity index (χ0) is 18.2. The molecule has 1 aliphatic rings. The third kappa shape index (κ3) is 5.29. The van der Waals surface area contributed by atoms with Crippen LogP contribution >= 0.6 is 0 Å². The van der Waals surface area contributed by atoms with E-state index >= 15 is 0 Å². The monoisotopic (exact) mass is 353 g/mol. The van der Waals surface area contributed by atoms with E-state index < -0.39 is 0 Å². The molecule has 1 saturated heterocycles. The van der Waals surface area contributed by atoms with Crippen LogP contribution in [0, 0.1) is 0 Å². The van der Waals surface area contributed by atoms with Crippen LogP contribution < -0.4 is 10.6 Å². The predicted octanol–water partition coefficient (Wildman–Crippen LogP) is 1.55. The lowest BCUT2D eigenvalue weighted by Gasteiger charge is -2.34. The fourth-order valence-electron chi connectivity index (χ4n) is 2.80. The Labute approximate surface area is 153 Å².